The Bertz CT molecular complexity index is 416. The van der Waals surface area contributed by atoms with E-state index in [0.717, 1.165) is 34.8 Å². The van der Waals surface area contributed by atoms with Crippen molar-refractivity contribution in [1.82, 2.24) is 9.80 Å². The number of halogens is 1. The largest absolute Gasteiger partial charge is 0.468 e. The van der Waals surface area contributed by atoms with Crippen LogP contribution in [-0.2, 0) is 9.53 Å². The van der Waals surface area contributed by atoms with Gasteiger partial charge in [0.1, 0.15) is 6.04 Å². The number of thiophene rings is 1. The minimum absolute atomic E-state index is 0.172. The summed E-state index contributed by atoms with van der Waals surface area (Å²) in [5.41, 5.74) is 0. The van der Waals surface area contributed by atoms with Crippen molar-refractivity contribution in [3.8, 4) is 0 Å². The average Bonchev–Trinajstić information content (AvgIpc) is 2.78. The molecule has 0 spiro atoms. The molecule has 18 heavy (non-hydrogen) atoms. The van der Waals surface area contributed by atoms with E-state index in [0.29, 0.717) is 0 Å². The number of carbonyl (C=O) groups excluding carboxylic acids is 1. The molecule has 1 saturated heterocycles. The molecule has 0 bridgehead atoms. The summed E-state index contributed by atoms with van der Waals surface area (Å²) in [6.07, 6.45) is 0. The first-order valence-corrected chi connectivity index (χ1v) is 7.48. The van der Waals surface area contributed by atoms with E-state index in [-0.39, 0.29) is 12.0 Å². The molecular formula is C12H17BrN2O2S. The third kappa shape index (κ3) is 3.12. The van der Waals surface area contributed by atoms with E-state index in [1.165, 1.54) is 7.11 Å². The Kier molecular flexibility index (Phi) is 4.77. The second-order valence-electron chi connectivity index (χ2n) is 4.41. The van der Waals surface area contributed by atoms with Crippen molar-refractivity contribution < 1.29 is 9.53 Å². The molecule has 0 amide bonds. The molecule has 0 radical (unpaired) electrons. The van der Waals surface area contributed by atoms with E-state index < -0.39 is 0 Å². The van der Waals surface area contributed by atoms with Crippen LogP contribution in [0.15, 0.2) is 15.9 Å². The molecule has 1 aromatic heterocycles. The molecule has 1 atom stereocenters. The summed E-state index contributed by atoms with van der Waals surface area (Å²) < 4.78 is 6.00. The van der Waals surface area contributed by atoms with Crippen molar-refractivity contribution in [1.29, 1.82) is 0 Å². The molecule has 2 rings (SSSR count). The van der Waals surface area contributed by atoms with Crippen molar-refractivity contribution in [2.75, 3.05) is 40.3 Å². The minimum atomic E-state index is -0.264. The highest BCUT2D eigenvalue weighted by atomic mass is 79.9. The number of piperazine rings is 1. The Morgan fingerprint density at radius 2 is 2.06 bits per heavy atom. The van der Waals surface area contributed by atoms with Gasteiger partial charge in [-0.15, -0.1) is 11.3 Å². The zero-order valence-electron chi connectivity index (χ0n) is 10.6. The second-order valence-corrected chi connectivity index (χ2v) is 6.90. The first kappa shape index (κ1) is 14.0. The highest BCUT2D eigenvalue weighted by Crippen LogP contribution is 2.32. The normalized spacial score (nSPS) is 19.7. The fourth-order valence-electron chi connectivity index (χ4n) is 2.11. The minimum Gasteiger partial charge on any atom is -0.468 e. The van der Waals surface area contributed by atoms with Crippen LogP contribution in [0.2, 0.25) is 0 Å². The van der Waals surface area contributed by atoms with Gasteiger partial charge >= 0.3 is 5.97 Å². The second kappa shape index (κ2) is 6.14. The van der Waals surface area contributed by atoms with Gasteiger partial charge in [0.15, 0.2) is 0 Å². The molecule has 4 nitrogen and oxygen atoms in total. The average molecular weight is 333 g/mol. The highest BCUT2D eigenvalue weighted by molar-refractivity contribution is 9.11. The van der Waals surface area contributed by atoms with Gasteiger partial charge < -0.3 is 9.64 Å². The smallest absolute Gasteiger partial charge is 0.328 e. The van der Waals surface area contributed by atoms with E-state index in [2.05, 4.69) is 32.8 Å². The van der Waals surface area contributed by atoms with Crippen LogP contribution in [0.3, 0.4) is 0 Å². The van der Waals surface area contributed by atoms with E-state index in [4.69, 9.17) is 4.74 Å². The predicted molar refractivity (Wildman–Crippen MR) is 75.8 cm³/mol. The number of carbonyl (C=O) groups is 1. The molecule has 1 unspecified atom stereocenters. The fourth-order valence-corrected chi connectivity index (χ4v) is 3.66. The molecule has 0 aliphatic carbocycles. The summed E-state index contributed by atoms with van der Waals surface area (Å²) >= 11 is 5.04. The topological polar surface area (TPSA) is 32.8 Å². The van der Waals surface area contributed by atoms with Crippen LogP contribution in [0.4, 0.5) is 0 Å². The Labute approximate surface area is 120 Å². The quantitative estimate of drug-likeness (QED) is 0.792. The molecule has 1 aromatic rings. The van der Waals surface area contributed by atoms with Crippen LogP contribution in [0.5, 0.6) is 0 Å². The number of esters is 1. The van der Waals surface area contributed by atoms with Crippen molar-refractivity contribution in [3.63, 3.8) is 0 Å². The molecule has 0 aromatic carbocycles. The molecule has 2 heterocycles. The van der Waals surface area contributed by atoms with E-state index >= 15 is 0 Å². The third-order valence-corrected chi connectivity index (χ3v) is 4.87. The molecule has 0 saturated carbocycles. The molecule has 0 N–H and O–H groups in total. The summed E-state index contributed by atoms with van der Waals surface area (Å²) in [6, 6.07) is 3.71. The van der Waals surface area contributed by atoms with Crippen LogP contribution >= 0.6 is 27.3 Å². The number of hydrogen-bond donors (Lipinski definition) is 0. The van der Waals surface area contributed by atoms with E-state index in [1.807, 2.05) is 12.1 Å². The van der Waals surface area contributed by atoms with Gasteiger partial charge in [-0.05, 0) is 35.1 Å². The maximum Gasteiger partial charge on any atom is 0.328 e. The number of ether oxygens (including phenoxy) is 1. The summed E-state index contributed by atoms with van der Waals surface area (Å²) in [6.45, 7) is 3.76. The van der Waals surface area contributed by atoms with Crippen LogP contribution in [-0.4, -0.2) is 56.1 Å². The molecule has 1 aliphatic heterocycles. The van der Waals surface area contributed by atoms with E-state index in [1.54, 1.807) is 11.3 Å². The fraction of sp³-hybridized carbons (Fsp3) is 0.583. The lowest BCUT2D eigenvalue weighted by molar-refractivity contribution is -0.147. The SMILES string of the molecule is COC(=O)C(c1ccc(Br)s1)N1CCN(C)CC1. The first-order chi connectivity index (χ1) is 8.61. The van der Waals surface area contributed by atoms with Gasteiger partial charge in [-0.2, -0.15) is 0 Å². The highest BCUT2D eigenvalue weighted by Gasteiger charge is 2.31. The Hall–Kier alpha value is -0.430. The predicted octanol–water partition coefficient (Wildman–Crippen LogP) is 1.97. The summed E-state index contributed by atoms with van der Waals surface area (Å²) in [7, 11) is 3.56. The van der Waals surface area contributed by atoms with Gasteiger partial charge in [0.2, 0.25) is 0 Å². The standard InChI is InChI=1S/C12H17BrN2O2S/c1-14-5-7-15(8-6-14)11(12(16)17-2)9-3-4-10(13)18-9/h3-4,11H,5-8H2,1-2H3. The summed E-state index contributed by atoms with van der Waals surface area (Å²) in [5.74, 6) is -0.172. The van der Waals surface area contributed by atoms with E-state index in [9.17, 15) is 4.79 Å². The third-order valence-electron chi connectivity index (χ3n) is 3.19. The zero-order valence-corrected chi connectivity index (χ0v) is 13.0. The molecule has 100 valence electrons. The molecular weight excluding hydrogens is 316 g/mol. The van der Waals surface area contributed by atoms with Crippen LogP contribution < -0.4 is 0 Å². The number of methoxy groups -OCH3 is 1. The number of rotatable bonds is 3. The number of nitrogens with zero attached hydrogens (tertiary/aromatic N) is 2. The Balaban J connectivity index is 2.18. The monoisotopic (exact) mass is 332 g/mol. The molecule has 6 heteroatoms. The number of hydrogen-bond acceptors (Lipinski definition) is 5. The van der Waals surface area contributed by atoms with Crippen LogP contribution in [0.25, 0.3) is 0 Å². The van der Waals surface area contributed by atoms with Gasteiger partial charge in [-0.25, -0.2) is 4.79 Å². The van der Waals surface area contributed by atoms with Gasteiger partial charge in [0, 0.05) is 31.1 Å². The maximum atomic E-state index is 12.0. The molecule has 1 aliphatic rings. The van der Waals surface area contributed by atoms with Crippen molar-refractivity contribution in [2.24, 2.45) is 0 Å². The lowest BCUT2D eigenvalue weighted by Gasteiger charge is -2.36. The van der Waals surface area contributed by atoms with Gasteiger partial charge in [-0.3, -0.25) is 4.90 Å². The van der Waals surface area contributed by atoms with Crippen molar-refractivity contribution >= 4 is 33.2 Å². The Morgan fingerprint density at radius 1 is 1.39 bits per heavy atom. The summed E-state index contributed by atoms with van der Waals surface area (Å²) in [4.78, 5) is 17.5. The van der Waals surface area contributed by atoms with Crippen LogP contribution in [0.1, 0.15) is 10.9 Å². The Morgan fingerprint density at radius 3 is 2.56 bits per heavy atom. The lowest BCUT2D eigenvalue weighted by atomic mass is 10.1. The maximum absolute atomic E-state index is 12.0. The summed E-state index contributed by atoms with van der Waals surface area (Å²) in [5, 5.41) is 0. The first-order valence-electron chi connectivity index (χ1n) is 5.87. The van der Waals surface area contributed by atoms with Crippen molar-refractivity contribution in [2.45, 2.75) is 6.04 Å². The molecule has 1 fully saturated rings. The van der Waals surface area contributed by atoms with Crippen LogP contribution in [0, 0.1) is 0 Å². The zero-order chi connectivity index (χ0) is 13.1. The lowest BCUT2D eigenvalue weighted by Crippen LogP contribution is -2.47. The van der Waals surface area contributed by atoms with Gasteiger partial charge in [0.25, 0.3) is 0 Å². The van der Waals surface area contributed by atoms with Gasteiger partial charge in [-0.1, -0.05) is 0 Å². The van der Waals surface area contributed by atoms with Crippen molar-refractivity contribution in [3.05, 3.63) is 20.8 Å². The number of likely N-dealkylation sites (N-methyl/N-ethyl adjacent to an activating group) is 1. The van der Waals surface area contributed by atoms with Gasteiger partial charge in [0.05, 0.1) is 10.9 Å².